The number of amides is 1. The third-order valence-electron chi connectivity index (χ3n) is 2.92. The van der Waals surface area contributed by atoms with E-state index in [4.69, 9.17) is 0 Å². The zero-order chi connectivity index (χ0) is 13.8. The molecule has 0 saturated heterocycles. The number of hydrogen-bond donors (Lipinski definition) is 2. The van der Waals surface area contributed by atoms with Crippen LogP contribution in [0.1, 0.15) is 10.4 Å². The molecule has 0 aliphatic rings. The van der Waals surface area contributed by atoms with Crippen molar-refractivity contribution in [1.29, 1.82) is 0 Å². The number of carbonyl (C=O) groups is 1. The van der Waals surface area contributed by atoms with Crippen molar-refractivity contribution in [3.63, 3.8) is 0 Å². The number of anilines is 1. The third-order valence-corrected chi connectivity index (χ3v) is 2.92. The van der Waals surface area contributed by atoms with Crippen molar-refractivity contribution < 1.29 is 4.79 Å². The standard InChI is InChI=1S/C15H12N4O/c20-15(19-14-5-7-16-8-6-14)12-3-1-11(2-4-12)13-9-17-18-10-13/h1-10H,(H,17,18)(H,16,19,20). The first-order valence-electron chi connectivity index (χ1n) is 6.13. The van der Waals surface area contributed by atoms with E-state index in [1.165, 1.54) is 0 Å². The Morgan fingerprint density at radius 1 is 1.00 bits per heavy atom. The van der Waals surface area contributed by atoms with E-state index in [0.717, 1.165) is 16.8 Å². The highest BCUT2D eigenvalue weighted by Gasteiger charge is 2.06. The molecule has 0 aliphatic heterocycles. The van der Waals surface area contributed by atoms with E-state index < -0.39 is 0 Å². The second kappa shape index (κ2) is 5.36. The number of carbonyl (C=O) groups excluding carboxylic acids is 1. The predicted molar refractivity (Wildman–Crippen MR) is 76.2 cm³/mol. The minimum absolute atomic E-state index is 0.144. The van der Waals surface area contributed by atoms with Gasteiger partial charge in [-0.2, -0.15) is 5.10 Å². The lowest BCUT2D eigenvalue weighted by atomic mass is 10.1. The maximum atomic E-state index is 12.1. The summed E-state index contributed by atoms with van der Waals surface area (Å²) in [6.45, 7) is 0. The van der Waals surface area contributed by atoms with Gasteiger partial charge in [-0.1, -0.05) is 12.1 Å². The molecular formula is C15H12N4O. The van der Waals surface area contributed by atoms with Gasteiger partial charge in [0.25, 0.3) is 5.91 Å². The summed E-state index contributed by atoms with van der Waals surface area (Å²) in [7, 11) is 0. The Balaban J connectivity index is 1.76. The molecule has 1 aromatic carbocycles. The van der Waals surface area contributed by atoms with Crippen LogP contribution in [-0.4, -0.2) is 21.1 Å². The van der Waals surface area contributed by atoms with Gasteiger partial charge in [-0.15, -0.1) is 0 Å². The number of H-pyrrole nitrogens is 1. The first-order chi connectivity index (χ1) is 9.83. The smallest absolute Gasteiger partial charge is 0.255 e. The molecule has 0 saturated carbocycles. The highest BCUT2D eigenvalue weighted by Crippen LogP contribution is 2.18. The zero-order valence-electron chi connectivity index (χ0n) is 10.6. The van der Waals surface area contributed by atoms with Crippen molar-refractivity contribution in [3.05, 3.63) is 66.7 Å². The van der Waals surface area contributed by atoms with E-state index in [1.54, 1.807) is 42.9 Å². The SMILES string of the molecule is O=C(Nc1ccncc1)c1ccc(-c2cn[nH]c2)cc1. The maximum absolute atomic E-state index is 12.1. The summed E-state index contributed by atoms with van der Waals surface area (Å²) in [5, 5.41) is 9.48. The second-order valence-electron chi connectivity index (χ2n) is 4.25. The van der Waals surface area contributed by atoms with Crippen LogP contribution in [0.2, 0.25) is 0 Å². The molecule has 2 heterocycles. The topological polar surface area (TPSA) is 70.7 Å². The van der Waals surface area contributed by atoms with Crippen LogP contribution in [-0.2, 0) is 0 Å². The Morgan fingerprint density at radius 2 is 1.75 bits per heavy atom. The largest absolute Gasteiger partial charge is 0.322 e. The Kier molecular flexibility index (Phi) is 3.24. The van der Waals surface area contributed by atoms with Gasteiger partial charge in [0, 0.05) is 35.4 Å². The minimum atomic E-state index is -0.144. The van der Waals surface area contributed by atoms with E-state index in [-0.39, 0.29) is 5.91 Å². The highest BCUT2D eigenvalue weighted by atomic mass is 16.1. The number of rotatable bonds is 3. The molecule has 1 amide bonds. The number of aromatic nitrogens is 3. The summed E-state index contributed by atoms with van der Waals surface area (Å²) < 4.78 is 0. The number of nitrogens with zero attached hydrogens (tertiary/aromatic N) is 2. The van der Waals surface area contributed by atoms with E-state index in [1.807, 2.05) is 18.3 Å². The van der Waals surface area contributed by atoms with Crippen LogP contribution in [0.15, 0.2) is 61.2 Å². The number of aromatic amines is 1. The van der Waals surface area contributed by atoms with Crippen LogP contribution in [0.5, 0.6) is 0 Å². The van der Waals surface area contributed by atoms with Crippen LogP contribution in [0, 0.1) is 0 Å². The van der Waals surface area contributed by atoms with Gasteiger partial charge in [0.2, 0.25) is 0 Å². The Labute approximate surface area is 115 Å². The molecule has 98 valence electrons. The van der Waals surface area contributed by atoms with Gasteiger partial charge >= 0.3 is 0 Å². The molecule has 5 nitrogen and oxygen atoms in total. The first-order valence-corrected chi connectivity index (χ1v) is 6.13. The molecule has 0 aliphatic carbocycles. The summed E-state index contributed by atoms with van der Waals surface area (Å²) in [6, 6.07) is 10.9. The molecule has 3 aromatic rings. The zero-order valence-corrected chi connectivity index (χ0v) is 10.6. The molecule has 0 fully saturated rings. The van der Waals surface area contributed by atoms with Gasteiger partial charge in [0.1, 0.15) is 0 Å². The quantitative estimate of drug-likeness (QED) is 0.764. The lowest BCUT2D eigenvalue weighted by molar-refractivity contribution is 0.102. The van der Waals surface area contributed by atoms with E-state index >= 15 is 0 Å². The Hall–Kier alpha value is -2.95. The summed E-state index contributed by atoms with van der Waals surface area (Å²) >= 11 is 0. The summed E-state index contributed by atoms with van der Waals surface area (Å²) in [4.78, 5) is 16.0. The van der Waals surface area contributed by atoms with Gasteiger partial charge in [-0.3, -0.25) is 14.9 Å². The molecule has 3 rings (SSSR count). The molecule has 0 bridgehead atoms. The number of pyridine rings is 1. The molecule has 0 spiro atoms. The molecule has 20 heavy (non-hydrogen) atoms. The van der Waals surface area contributed by atoms with Crippen LogP contribution in [0.25, 0.3) is 11.1 Å². The van der Waals surface area contributed by atoms with E-state index in [0.29, 0.717) is 5.56 Å². The van der Waals surface area contributed by atoms with Crippen LogP contribution >= 0.6 is 0 Å². The summed E-state index contributed by atoms with van der Waals surface area (Å²) in [5.74, 6) is -0.144. The average Bonchev–Trinajstić information content (AvgIpc) is 3.03. The highest BCUT2D eigenvalue weighted by molar-refractivity contribution is 6.04. The maximum Gasteiger partial charge on any atom is 0.255 e. The number of nitrogens with one attached hydrogen (secondary N) is 2. The predicted octanol–water partition coefficient (Wildman–Crippen LogP) is 2.72. The van der Waals surface area contributed by atoms with Crippen molar-refractivity contribution >= 4 is 11.6 Å². The van der Waals surface area contributed by atoms with Gasteiger partial charge in [-0.25, -0.2) is 0 Å². The molecule has 0 radical (unpaired) electrons. The lowest BCUT2D eigenvalue weighted by Gasteiger charge is -2.05. The van der Waals surface area contributed by atoms with E-state index in [2.05, 4.69) is 20.5 Å². The summed E-state index contributed by atoms with van der Waals surface area (Å²) in [5.41, 5.74) is 3.34. The normalized spacial score (nSPS) is 10.2. The summed E-state index contributed by atoms with van der Waals surface area (Å²) in [6.07, 6.45) is 6.83. The average molecular weight is 264 g/mol. The molecule has 5 heteroatoms. The van der Waals surface area contributed by atoms with E-state index in [9.17, 15) is 4.79 Å². The first kappa shape index (κ1) is 12.1. The van der Waals surface area contributed by atoms with Crippen molar-refractivity contribution in [1.82, 2.24) is 15.2 Å². The van der Waals surface area contributed by atoms with Gasteiger partial charge in [0.05, 0.1) is 6.20 Å². The van der Waals surface area contributed by atoms with Crippen LogP contribution in [0.3, 0.4) is 0 Å². The van der Waals surface area contributed by atoms with Crippen molar-refractivity contribution in [2.24, 2.45) is 0 Å². The Bertz CT molecular complexity index is 691. The Morgan fingerprint density at radius 3 is 2.40 bits per heavy atom. The third kappa shape index (κ3) is 2.56. The monoisotopic (exact) mass is 264 g/mol. The van der Waals surface area contributed by atoms with Gasteiger partial charge in [-0.05, 0) is 29.8 Å². The number of hydrogen-bond acceptors (Lipinski definition) is 3. The molecular weight excluding hydrogens is 252 g/mol. The van der Waals surface area contributed by atoms with Crippen molar-refractivity contribution in [2.45, 2.75) is 0 Å². The molecule has 0 atom stereocenters. The van der Waals surface area contributed by atoms with Gasteiger partial charge < -0.3 is 5.32 Å². The fourth-order valence-electron chi connectivity index (χ4n) is 1.86. The fraction of sp³-hybridized carbons (Fsp3) is 0. The van der Waals surface area contributed by atoms with Crippen molar-refractivity contribution in [2.75, 3.05) is 5.32 Å². The molecule has 2 N–H and O–H groups in total. The number of benzene rings is 1. The lowest BCUT2D eigenvalue weighted by Crippen LogP contribution is -2.11. The minimum Gasteiger partial charge on any atom is -0.322 e. The molecule has 2 aromatic heterocycles. The fourth-order valence-corrected chi connectivity index (χ4v) is 1.86. The van der Waals surface area contributed by atoms with Crippen LogP contribution in [0.4, 0.5) is 5.69 Å². The van der Waals surface area contributed by atoms with Crippen LogP contribution < -0.4 is 5.32 Å². The van der Waals surface area contributed by atoms with Gasteiger partial charge in [0.15, 0.2) is 0 Å². The second-order valence-corrected chi connectivity index (χ2v) is 4.25. The van der Waals surface area contributed by atoms with Crippen molar-refractivity contribution in [3.8, 4) is 11.1 Å². The molecule has 0 unspecified atom stereocenters.